The van der Waals surface area contributed by atoms with E-state index in [1.165, 1.54) is 7.11 Å². The predicted octanol–water partition coefficient (Wildman–Crippen LogP) is 3.76. The number of carbonyl (C=O) groups is 1. The lowest BCUT2D eigenvalue weighted by Gasteiger charge is -2.40. The third kappa shape index (κ3) is 3.61. The highest BCUT2D eigenvalue weighted by molar-refractivity contribution is 9.11. The fourth-order valence-electron chi connectivity index (χ4n) is 4.49. The highest BCUT2D eigenvalue weighted by Gasteiger charge is 2.51. The topological polar surface area (TPSA) is 64.8 Å². The second kappa shape index (κ2) is 7.40. The number of carbonyl (C=O) groups excluding carboxylic acids is 1. The van der Waals surface area contributed by atoms with Gasteiger partial charge in [0.15, 0.2) is 0 Å². The van der Waals surface area contributed by atoms with Crippen LogP contribution in [-0.2, 0) is 15.9 Å². The van der Waals surface area contributed by atoms with Crippen molar-refractivity contribution >= 4 is 51.3 Å². The number of rotatable bonds is 4. The van der Waals surface area contributed by atoms with E-state index in [2.05, 4.69) is 15.9 Å². The van der Waals surface area contributed by atoms with Crippen LogP contribution in [0.5, 0.6) is 0 Å². The number of esters is 1. The minimum atomic E-state index is -2.88. The van der Waals surface area contributed by atoms with Crippen molar-refractivity contribution in [1.29, 1.82) is 0 Å². The SMILES string of the molecule is COC(=O)c1sc(Br)c2c1N(CC(N)C13CCC(CC1)O3)CC(F)(F)C2.Cl. The molecule has 2 fully saturated rings. The van der Waals surface area contributed by atoms with Crippen LogP contribution in [0.2, 0.25) is 0 Å². The van der Waals surface area contributed by atoms with Gasteiger partial charge in [0.05, 0.1) is 40.9 Å². The number of ether oxygens (including phenoxy) is 2. The van der Waals surface area contributed by atoms with Crippen LogP contribution >= 0.6 is 39.7 Å². The van der Waals surface area contributed by atoms with Crippen LogP contribution in [0.3, 0.4) is 0 Å². The van der Waals surface area contributed by atoms with Crippen molar-refractivity contribution in [3.05, 3.63) is 14.2 Å². The molecule has 2 N–H and O–H groups in total. The minimum Gasteiger partial charge on any atom is -0.465 e. The van der Waals surface area contributed by atoms with Gasteiger partial charge >= 0.3 is 5.97 Å². The number of hydrogen-bond donors (Lipinski definition) is 1. The fourth-order valence-corrected chi connectivity index (χ4v) is 6.29. The first kappa shape index (κ1) is 21.2. The van der Waals surface area contributed by atoms with Crippen LogP contribution in [0.1, 0.15) is 40.9 Å². The van der Waals surface area contributed by atoms with Gasteiger partial charge in [0, 0.05) is 18.5 Å². The van der Waals surface area contributed by atoms with Gasteiger partial charge in [-0.3, -0.25) is 0 Å². The molecule has 3 aliphatic rings. The lowest BCUT2D eigenvalue weighted by molar-refractivity contribution is -0.0121. The molecule has 1 aromatic heterocycles. The van der Waals surface area contributed by atoms with Gasteiger partial charge in [0.1, 0.15) is 4.88 Å². The average Bonchev–Trinajstić information content (AvgIpc) is 3.28. The first-order valence-corrected chi connectivity index (χ1v) is 10.3. The molecule has 1 unspecified atom stereocenters. The average molecular weight is 488 g/mol. The van der Waals surface area contributed by atoms with Gasteiger partial charge in [0.2, 0.25) is 0 Å². The van der Waals surface area contributed by atoms with Crippen LogP contribution in [0, 0.1) is 0 Å². The van der Waals surface area contributed by atoms with Crippen LogP contribution in [-0.4, -0.2) is 49.8 Å². The Labute approximate surface area is 175 Å². The summed E-state index contributed by atoms with van der Waals surface area (Å²) >= 11 is 4.47. The Hall–Kier alpha value is -0.480. The zero-order valence-electron chi connectivity index (χ0n) is 14.8. The first-order chi connectivity index (χ1) is 12.2. The molecule has 4 heterocycles. The molecule has 4 rings (SSSR count). The van der Waals surface area contributed by atoms with Crippen molar-refractivity contribution in [2.45, 2.75) is 55.8 Å². The molecule has 5 nitrogen and oxygen atoms in total. The molecule has 27 heavy (non-hydrogen) atoms. The van der Waals surface area contributed by atoms with Gasteiger partial charge in [-0.2, -0.15) is 0 Å². The summed E-state index contributed by atoms with van der Waals surface area (Å²) in [6, 6.07) is -0.388. The number of anilines is 1. The van der Waals surface area contributed by atoms with Crippen molar-refractivity contribution in [3.63, 3.8) is 0 Å². The van der Waals surface area contributed by atoms with Crippen molar-refractivity contribution in [1.82, 2.24) is 0 Å². The second-order valence-electron chi connectivity index (χ2n) is 7.43. The summed E-state index contributed by atoms with van der Waals surface area (Å²) in [7, 11) is 1.29. The normalized spacial score (nSPS) is 29.2. The third-order valence-corrected chi connectivity index (χ3v) is 7.70. The molecule has 0 saturated carbocycles. The Balaban J connectivity index is 0.00000210. The van der Waals surface area contributed by atoms with Gasteiger partial charge in [-0.25, -0.2) is 13.6 Å². The fraction of sp³-hybridized carbons (Fsp3) is 0.706. The lowest BCUT2D eigenvalue weighted by Crippen LogP contribution is -2.55. The maximum Gasteiger partial charge on any atom is 0.350 e. The van der Waals surface area contributed by atoms with Gasteiger partial charge in [-0.15, -0.1) is 23.7 Å². The molecule has 1 aromatic rings. The zero-order valence-corrected chi connectivity index (χ0v) is 18.0. The molecule has 3 aliphatic heterocycles. The molecule has 1 atom stereocenters. The summed E-state index contributed by atoms with van der Waals surface area (Å²) in [6.45, 7) is -0.233. The Kier molecular flexibility index (Phi) is 5.82. The number of nitrogens with two attached hydrogens (primary N) is 1. The van der Waals surface area contributed by atoms with Crippen LogP contribution in [0.4, 0.5) is 14.5 Å². The van der Waals surface area contributed by atoms with Crippen LogP contribution in [0.15, 0.2) is 3.79 Å². The number of methoxy groups -OCH3 is 1. The van der Waals surface area contributed by atoms with Crippen molar-refractivity contribution < 1.29 is 23.0 Å². The summed E-state index contributed by atoms with van der Waals surface area (Å²) in [5.41, 5.74) is 7.02. The monoisotopic (exact) mass is 486 g/mol. The largest absolute Gasteiger partial charge is 0.465 e. The van der Waals surface area contributed by atoms with Crippen molar-refractivity contribution in [3.8, 4) is 0 Å². The number of alkyl halides is 2. The van der Waals surface area contributed by atoms with Crippen LogP contribution < -0.4 is 10.6 Å². The Morgan fingerprint density at radius 2 is 2.15 bits per heavy atom. The molecule has 0 aromatic carbocycles. The molecule has 0 radical (unpaired) electrons. The highest BCUT2D eigenvalue weighted by Crippen LogP contribution is 2.48. The molecule has 0 spiro atoms. The standard InChI is InChI=1S/C17H21BrF2N2O3S.ClH/c1-24-15(23)13-12-10(14(18)26-13)6-17(19,20)8-22(12)7-11(21)16-4-2-9(25-16)3-5-16;/h9,11H,2-8,21H2,1H3;1H. The van der Waals surface area contributed by atoms with Gasteiger partial charge < -0.3 is 20.1 Å². The zero-order chi connectivity index (χ0) is 18.7. The smallest absolute Gasteiger partial charge is 0.350 e. The number of fused-ring (bicyclic) bond motifs is 3. The molecule has 10 heteroatoms. The molecule has 152 valence electrons. The minimum absolute atomic E-state index is 0. The van der Waals surface area contributed by atoms with Crippen molar-refractivity contribution in [2.75, 3.05) is 25.1 Å². The van der Waals surface area contributed by atoms with E-state index in [-0.39, 0.29) is 31.1 Å². The number of hydrogen-bond acceptors (Lipinski definition) is 6. The Morgan fingerprint density at radius 1 is 1.48 bits per heavy atom. The molecule has 0 aliphatic carbocycles. The van der Waals surface area contributed by atoms with E-state index in [1.807, 2.05) is 0 Å². The lowest BCUT2D eigenvalue weighted by atomic mass is 9.82. The second-order valence-corrected chi connectivity index (χ2v) is 9.76. The van der Waals surface area contributed by atoms with Gasteiger partial charge in [-0.05, 0) is 41.6 Å². The van der Waals surface area contributed by atoms with E-state index < -0.39 is 30.5 Å². The summed E-state index contributed by atoms with van der Waals surface area (Å²) in [6.07, 6.45) is 3.55. The predicted molar refractivity (Wildman–Crippen MR) is 106 cm³/mol. The Bertz CT molecular complexity index is 740. The van der Waals surface area contributed by atoms with E-state index >= 15 is 0 Å². The first-order valence-electron chi connectivity index (χ1n) is 8.70. The van der Waals surface area contributed by atoms with E-state index in [1.54, 1.807) is 4.90 Å². The number of nitrogens with zero attached hydrogens (tertiary/aromatic N) is 1. The van der Waals surface area contributed by atoms with E-state index in [4.69, 9.17) is 15.2 Å². The molecule has 2 bridgehead atoms. The summed E-state index contributed by atoms with van der Waals surface area (Å²) < 4.78 is 40.2. The molecular formula is C17H22BrClF2N2O3S. The maximum absolute atomic E-state index is 14.4. The number of thiophene rings is 1. The molecule has 2 saturated heterocycles. The van der Waals surface area contributed by atoms with Crippen molar-refractivity contribution in [2.24, 2.45) is 5.73 Å². The quantitative estimate of drug-likeness (QED) is 0.655. The summed E-state index contributed by atoms with van der Waals surface area (Å²) in [4.78, 5) is 14.1. The summed E-state index contributed by atoms with van der Waals surface area (Å²) in [5, 5.41) is 0. The summed E-state index contributed by atoms with van der Waals surface area (Å²) in [5.74, 6) is -3.40. The highest BCUT2D eigenvalue weighted by atomic mass is 79.9. The maximum atomic E-state index is 14.4. The van der Waals surface area contributed by atoms with Gasteiger partial charge in [0.25, 0.3) is 5.92 Å². The number of halogens is 4. The van der Waals surface area contributed by atoms with E-state index in [9.17, 15) is 13.6 Å². The van der Waals surface area contributed by atoms with E-state index in [0.717, 1.165) is 37.0 Å². The Morgan fingerprint density at radius 3 is 2.70 bits per heavy atom. The van der Waals surface area contributed by atoms with Crippen LogP contribution in [0.25, 0.3) is 0 Å². The third-order valence-electron chi connectivity index (χ3n) is 5.75. The van der Waals surface area contributed by atoms with E-state index in [0.29, 0.717) is 19.9 Å². The van der Waals surface area contributed by atoms with Gasteiger partial charge in [-0.1, -0.05) is 0 Å². The molecule has 0 amide bonds. The molecular weight excluding hydrogens is 466 g/mol.